The maximum Gasteiger partial charge on any atom is 0.258 e. The van der Waals surface area contributed by atoms with Crippen molar-refractivity contribution < 1.29 is 29.3 Å². The number of hydrazine groups is 1. The van der Waals surface area contributed by atoms with Gasteiger partial charge < -0.3 is 15.2 Å². The summed E-state index contributed by atoms with van der Waals surface area (Å²) in [6, 6.07) is 6.44. The Kier molecular flexibility index (Phi) is 10.4. The molecule has 1 aromatic carbocycles. The molecule has 0 unspecified atom stereocenters. The molecule has 3 rings (SSSR count). The zero-order valence-electron chi connectivity index (χ0n) is 19.6. The summed E-state index contributed by atoms with van der Waals surface area (Å²) in [4.78, 5) is 22.8. The number of hydrogen-bond acceptors (Lipinski definition) is 8. The maximum atomic E-state index is 14.8. The van der Waals surface area contributed by atoms with Crippen molar-refractivity contribution in [3.63, 3.8) is 0 Å². The van der Waals surface area contributed by atoms with Gasteiger partial charge in [-0.25, -0.2) is 20.1 Å². The zero-order chi connectivity index (χ0) is 25.2. The van der Waals surface area contributed by atoms with Crippen molar-refractivity contribution in [1.82, 2.24) is 9.99 Å². The van der Waals surface area contributed by atoms with Crippen molar-refractivity contribution in [1.29, 1.82) is 5.41 Å². The molecule has 7 N–H and O–H groups in total. The highest BCUT2D eigenvalue weighted by molar-refractivity contribution is 8.13. The number of aromatic nitrogens is 1. The Morgan fingerprint density at radius 2 is 2.14 bits per heavy atom. The Hall–Kier alpha value is -2.61. The van der Waals surface area contributed by atoms with Crippen LogP contribution in [0.1, 0.15) is 47.5 Å². The summed E-state index contributed by atoms with van der Waals surface area (Å²) in [7, 11) is 1.49. The first-order chi connectivity index (χ1) is 16.9. The van der Waals surface area contributed by atoms with Gasteiger partial charge in [0.1, 0.15) is 0 Å². The molecule has 1 aliphatic rings. The van der Waals surface area contributed by atoms with E-state index in [1.165, 1.54) is 23.7 Å². The Morgan fingerprint density at radius 3 is 2.83 bits per heavy atom. The molecule has 1 aromatic heterocycles. The Labute approximate surface area is 207 Å². The van der Waals surface area contributed by atoms with Crippen molar-refractivity contribution in [2.24, 2.45) is 5.84 Å². The highest BCUT2D eigenvalue weighted by Crippen LogP contribution is 2.34. The average Bonchev–Trinajstić information content (AvgIpc) is 3.39. The average molecular weight is 508 g/mol. The van der Waals surface area contributed by atoms with Gasteiger partial charge >= 0.3 is 0 Å². The van der Waals surface area contributed by atoms with Gasteiger partial charge in [-0.15, -0.1) is 0 Å². The molecule has 1 saturated carbocycles. The second kappa shape index (κ2) is 13.5. The summed E-state index contributed by atoms with van der Waals surface area (Å²) in [5, 5.41) is 20.8. The smallest absolute Gasteiger partial charge is 0.258 e. The second-order valence-electron chi connectivity index (χ2n) is 8.08. The molecule has 0 aliphatic heterocycles. The first-order valence-electron chi connectivity index (χ1n) is 11.4. The van der Waals surface area contributed by atoms with Crippen molar-refractivity contribution in [2.45, 2.75) is 36.5 Å². The van der Waals surface area contributed by atoms with Crippen LogP contribution < -0.4 is 16.6 Å². The van der Waals surface area contributed by atoms with Crippen molar-refractivity contribution >= 4 is 34.3 Å². The minimum Gasteiger partial charge on any atom is -0.394 e. The molecule has 190 valence electrons. The highest BCUT2D eigenvalue weighted by Gasteiger charge is 2.22. The van der Waals surface area contributed by atoms with Crippen LogP contribution in [0.4, 0.5) is 15.9 Å². The predicted molar refractivity (Wildman–Crippen MR) is 131 cm³/mol. The summed E-state index contributed by atoms with van der Waals surface area (Å²) in [5.74, 6) is 4.93. The van der Waals surface area contributed by atoms with Gasteiger partial charge in [0.2, 0.25) is 0 Å². The van der Waals surface area contributed by atoms with Gasteiger partial charge in [-0.2, -0.15) is 5.48 Å². The number of aliphatic hydroxyl groups excluding tert-OH is 1. The third-order valence-corrected chi connectivity index (χ3v) is 6.61. The molecule has 0 saturated heterocycles. The monoisotopic (exact) mass is 507 g/mol. The SMILES string of the molecule is CO[NH2+]c1ccc(SC(=N)N(N)CCOCCO)c(C(=O)Nc2ncc(C3CCCC3)cc2F)c1. The number of ether oxygens (including phenoxy) is 1. The predicted octanol–water partition coefficient (Wildman–Crippen LogP) is 2.10. The number of pyridine rings is 1. The number of benzene rings is 1. The van der Waals surface area contributed by atoms with E-state index in [9.17, 15) is 9.18 Å². The number of thioether (sulfide) groups is 1. The molecular formula is C23H32FN6O4S+. The van der Waals surface area contributed by atoms with Gasteiger partial charge in [-0.1, -0.05) is 24.6 Å². The zero-order valence-corrected chi connectivity index (χ0v) is 20.4. The fraction of sp³-hybridized carbons (Fsp3) is 0.435. The van der Waals surface area contributed by atoms with E-state index in [-0.39, 0.29) is 42.9 Å². The van der Waals surface area contributed by atoms with Gasteiger partial charge in [0.15, 0.2) is 22.5 Å². The first kappa shape index (κ1) is 27.0. The lowest BCUT2D eigenvalue weighted by Gasteiger charge is -2.19. The number of nitrogens with zero attached hydrogens (tertiary/aromatic N) is 2. The highest BCUT2D eigenvalue weighted by atomic mass is 32.2. The van der Waals surface area contributed by atoms with Gasteiger partial charge in [-0.05, 0) is 36.5 Å². The van der Waals surface area contributed by atoms with Crippen LogP contribution in [0.25, 0.3) is 0 Å². The minimum atomic E-state index is -0.583. The van der Waals surface area contributed by atoms with E-state index in [2.05, 4.69) is 10.3 Å². The van der Waals surface area contributed by atoms with Crippen molar-refractivity contribution in [2.75, 3.05) is 38.8 Å². The lowest BCUT2D eigenvalue weighted by atomic mass is 9.99. The number of carbonyl (C=O) groups is 1. The number of amidine groups is 1. The lowest BCUT2D eigenvalue weighted by molar-refractivity contribution is -0.830. The van der Waals surface area contributed by atoms with Gasteiger partial charge in [0.05, 0.1) is 39.0 Å². The Balaban J connectivity index is 1.74. The molecule has 0 bridgehead atoms. The normalized spacial score (nSPS) is 13.7. The molecule has 1 aliphatic carbocycles. The number of carbonyl (C=O) groups excluding carboxylic acids is 1. The van der Waals surface area contributed by atoms with E-state index in [0.29, 0.717) is 16.5 Å². The summed E-state index contributed by atoms with van der Waals surface area (Å²) in [6.07, 6.45) is 5.93. The van der Waals surface area contributed by atoms with Crippen LogP contribution in [0.2, 0.25) is 0 Å². The van der Waals surface area contributed by atoms with Gasteiger partial charge in [0, 0.05) is 23.2 Å². The Morgan fingerprint density at radius 1 is 1.37 bits per heavy atom. The molecule has 10 nitrogen and oxygen atoms in total. The number of nitrogens with one attached hydrogen (secondary N) is 2. The molecule has 0 radical (unpaired) electrons. The number of amides is 1. The largest absolute Gasteiger partial charge is 0.394 e. The summed E-state index contributed by atoms with van der Waals surface area (Å²) in [5.41, 5.74) is 3.17. The fourth-order valence-electron chi connectivity index (χ4n) is 3.82. The van der Waals surface area contributed by atoms with E-state index >= 15 is 0 Å². The minimum absolute atomic E-state index is 0.0136. The third-order valence-electron chi connectivity index (χ3n) is 5.60. The molecule has 1 fully saturated rings. The van der Waals surface area contributed by atoms with E-state index in [1.807, 2.05) is 0 Å². The number of nitrogens with two attached hydrogens (primary N) is 2. The molecule has 1 heterocycles. The quantitative estimate of drug-likeness (QED) is 0.0590. The Bertz CT molecular complexity index is 1020. The summed E-state index contributed by atoms with van der Waals surface area (Å²) < 4.78 is 20.0. The number of hydrogen-bond donors (Lipinski definition) is 5. The molecule has 0 atom stereocenters. The molecule has 35 heavy (non-hydrogen) atoms. The van der Waals surface area contributed by atoms with Crippen molar-refractivity contribution in [3.05, 3.63) is 47.4 Å². The molecular weight excluding hydrogens is 475 g/mol. The first-order valence-corrected chi connectivity index (χ1v) is 12.2. The molecule has 2 aromatic rings. The van der Waals surface area contributed by atoms with Crippen LogP contribution in [-0.4, -0.2) is 59.6 Å². The van der Waals surface area contributed by atoms with Gasteiger partial charge in [-0.3, -0.25) is 15.2 Å². The maximum absolute atomic E-state index is 14.8. The molecule has 1 amide bonds. The van der Waals surface area contributed by atoms with Crippen LogP contribution in [0.3, 0.4) is 0 Å². The summed E-state index contributed by atoms with van der Waals surface area (Å²) >= 11 is 0.981. The van der Waals surface area contributed by atoms with E-state index in [0.717, 1.165) is 43.0 Å². The second-order valence-corrected chi connectivity index (χ2v) is 9.11. The third kappa shape index (κ3) is 7.69. The van der Waals surface area contributed by atoms with Crippen LogP contribution in [-0.2, 0) is 9.57 Å². The van der Waals surface area contributed by atoms with E-state index < -0.39 is 11.7 Å². The number of anilines is 1. The lowest BCUT2D eigenvalue weighted by Crippen LogP contribution is -2.76. The number of quaternary nitrogens is 1. The fourth-order valence-corrected chi connectivity index (χ4v) is 4.63. The van der Waals surface area contributed by atoms with Gasteiger partial charge in [0.25, 0.3) is 5.91 Å². The number of halogens is 1. The standard InChI is InChI=1S/C23H31FN6O4S/c1-33-29-17-6-7-20(35-23(25)30(26)8-10-34-11-9-31)18(13-17)22(32)28-21-19(24)12-16(14-27-21)15-4-2-3-5-15/h6-7,12-15,25,29,31H,2-5,8-11,26H2,1H3,(H,27,28,32)/p+1. The van der Waals surface area contributed by atoms with Crippen LogP contribution >= 0.6 is 11.8 Å². The van der Waals surface area contributed by atoms with Crippen molar-refractivity contribution in [3.8, 4) is 0 Å². The molecule has 12 heteroatoms. The summed E-state index contributed by atoms with van der Waals surface area (Å²) in [6.45, 7) is 0.545. The number of rotatable bonds is 11. The van der Waals surface area contributed by atoms with E-state index in [1.54, 1.807) is 24.4 Å². The number of aliphatic hydroxyl groups is 1. The molecule has 0 spiro atoms. The van der Waals surface area contributed by atoms with Crippen LogP contribution in [0.5, 0.6) is 0 Å². The van der Waals surface area contributed by atoms with E-state index in [4.69, 9.17) is 25.9 Å². The van der Waals surface area contributed by atoms with Crippen LogP contribution in [0.15, 0.2) is 35.4 Å². The van der Waals surface area contributed by atoms with Crippen LogP contribution in [0, 0.1) is 11.2 Å². The topological polar surface area (TPSA) is 150 Å².